The largest absolute Gasteiger partial charge is 0.497 e. The number of nitrogens with one attached hydrogen (secondary N) is 1. The molecule has 8 nitrogen and oxygen atoms in total. The SMILES string of the molecule is CNC(=O)C(C)N(Cc1ccc(OC)cc1)C(=O)CN(c1ccccc1Cl)S(=O)(=O)c1ccccc1. The first-order chi connectivity index (χ1) is 17.2. The van der Waals surface area contributed by atoms with E-state index >= 15 is 0 Å². The Labute approximate surface area is 216 Å². The highest BCUT2D eigenvalue weighted by Crippen LogP contribution is 2.30. The monoisotopic (exact) mass is 529 g/mol. The molecule has 1 atom stereocenters. The molecule has 0 radical (unpaired) electrons. The molecule has 3 rings (SSSR count). The van der Waals surface area contributed by atoms with Crippen LogP contribution < -0.4 is 14.4 Å². The van der Waals surface area contributed by atoms with Crippen molar-refractivity contribution in [1.82, 2.24) is 10.2 Å². The smallest absolute Gasteiger partial charge is 0.264 e. The van der Waals surface area contributed by atoms with E-state index in [4.69, 9.17) is 16.3 Å². The highest BCUT2D eigenvalue weighted by atomic mass is 35.5. The summed E-state index contributed by atoms with van der Waals surface area (Å²) >= 11 is 6.36. The van der Waals surface area contributed by atoms with Crippen LogP contribution in [0.1, 0.15) is 12.5 Å². The molecule has 0 aliphatic rings. The molecule has 0 bridgehead atoms. The highest BCUT2D eigenvalue weighted by Gasteiger charge is 2.33. The van der Waals surface area contributed by atoms with Crippen LogP contribution in [0.2, 0.25) is 5.02 Å². The van der Waals surface area contributed by atoms with Gasteiger partial charge in [0, 0.05) is 13.6 Å². The molecule has 190 valence electrons. The topological polar surface area (TPSA) is 96.0 Å². The van der Waals surface area contributed by atoms with Gasteiger partial charge in [0.05, 0.1) is 22.7 Å². The van der Waals surface area contributed by atoms with E-state index in [2.05, 4.69) is 5.32 Å². The molecule has 2 amide bonds. The molecule has 0 saturated heterocycles. The molecule has 1 N–H and O–H groups in total. The van der Waals surface area contributed by atoms with Crippen molar-refractivity contribution < 1.29 is 22.7 Å². The van der Waals surface area contributed by atoms with E-state index in [1.54, 1.807) is 74.7 Å². The molecule has 0 saturated carbocycles. The number of carbonyl (C=O) groups is 2. The Kier molecular flexibility index (Phi) is 8.95. The van der Waals surface area contributed by atoms with Gasteiger partial charge in [-0.2, -0.15) is 0 Å². The van der Waals surface area contributed by atoms with E-state index in [0.29, 0.717) is 5.75 Å². The molecular weight excluding hydrogens is 502 g/mol. The third kappa shape index (κ3) is 6.16. The van der Waals surface area contributed by atoms with E-state index in [1.165, 1.54) is 30.1 Å². The number of anilines is 1. The number of carbonyl (C=O) groups excluding carboxylic acids is 2. The first-order valence-electron chi connectivity index (χ1n) is 11.2. The lowest BCUT2D eigenvalue weighted by atomic mass is 10.1. The van der Waals surface area contributed by atoms with Crippen LogP contribution >= 0.6 is 11.6 Å². The summed E-state index contributed by atoms with van der Waals surface area (Å²) in [5, 5.41) is 2.72. The van der Waals surface area contributed by atoms with Crippen LogP contribution in [0.25, 0.3) is 0 Å². The molecule has 0 aliphatic heterocycles. The maximum absolute atomic E-state index is 13.7. The minimum Gasteiger partial charge on any atom is -0.497 e. The summed E-state index contributed by atoms with van der Waals surface area (Å²) in [5.41, 5.74) is 0.906. The minimum atomic E-state index is -4.15. The second kappa shape index (κ2) is 11.9. The molecule has 0 spiro atoms. The number of likely N-dealkylation sites (N-methyl/N-ethyl adjacent to an activating group) is 1. The van der Waals surface area contributed by atoms with Crippen LogP contribution in [-0.4, -0.2) is 51.9 Å². The molecule has 3 aromatic rings. The van der Waals surface area contributed by atoms with Gasteiger partial charge in [-0.3, -0.25) is 13.9 Å². The quantitative estimate of drug-likeness (QED) is 0.432. The first-order valence-corrected chi connectivity index (χ1v) is 13.0. The molecule has 0 heterocycles. The van der Waals surface area contributed by atoms with Gasteiger partial charge in [-0.15, -0.1) is 0 Å². The van der Waals surface area contributed by atoms with Gasteiger partial charge < -0.3 is 15.0 Å². The van der Waals surface area contributed by atoms with Crippen LogP contribution in [0, 0.1) is 0 Å². The number of halogens is 1. The summed E-state index contributed by atoms with van der Waals surface area (Å²) in [6, 6.07) is 20.4. The Balaban J connectivity index is 2.01. The Hall–Kier alpha value is -3.56. The van der Waals surface area contributed by atoms with Gasteiger partial charge in [0.25, 0.3) is 10.0 Å². The maximum atomic E-state index is 13.7. The number of benzene rings is 3. The Morgan fingerprint density at radius 2 is 1.58 bits per heavy atom. The number of ether oxygens (including phenoxy) is 1. The van der Waals surface area contributed by atoms with Gasteiger partial charge in [-0.25, -0.2) is 8.42 Å². The second-order valence-electron chi connectivity index (χ2n) is 7.94. The number of para-hydroxylation sites is 1. The van der Waals surface area contributed by atoms with Crippen molar-refractivity contribution in [1.29, 1.82) is 0 Å². The van der Waals surface area contributed by atoms with Gasteiger partial charge in [0.1, 0.15) is 18.3 Å². The summed E-state index contributed by atoms with van der Waals surface area (Å²) < 4.78 is 33.4. The number of nitrogens with zero attached hydrogens (tertiary/aromatic N) is 2. The Morgan fingerprint density at radius 3 is 2.17 bits per heavy atom. The number of hydrogen-bond acceptors (Lipinski definition) is 5. The summed E-state index contributed by atoms with van der Waals surface area (Å²) in [7, 11) is -1.13. The molecule has 0 fully saturated rings. The zero-order valence-electron chi connectivity index (χ0n) is 20.2. The van der Waals surface area contributed by atoms with Gasteiger partial charge in [0.2, 0.25) is 11.8 Å². The molecule has 1 unspecified atom stereocenters. The van der Waals surface area contributed by atoms with Crippen LogP contribution in [-0.2, 0) is 26.2 Å². The normalized spacial score (nSPS) is 11.9. The van der Waals surface area contributed by atoms with E-state index in [1.807, 2.05) is 0 Å². The third-order valence-corrected chi connectivity index (χ3v) is 7.75. The van der Waals surface area contributed by atoms with Gasteiger partial charge in [0.15, 0.2) is 0 Å². The summed E-state index contributed by atoms with van der Waals surface area (Å²) in [6.45, 7) is 1.11. The van der Waals surface area contributed by atoms with Crippen LogP contribution in [0.3, 0.4) is 0 Å². The number of hydrogen-bond donors (Lipinski definition) is 1. The highest BCUT2D eigenvalue weighted by molar-refractivity contribution is 7.92. The van der Waals surface area contributed by atoms with Crippen LogP contribution in [0.15, 0.2) is 83.8 Å². The molecular formula is C26H28ClN3O5S. The Bertz CT molecular complexity index is 1300. The number of rotatable bonds is 10. The third-order valence-electron chi connectivity index (χ3n) is 5.66. The first kappa shape index (κ1) is 27.0. The average Bonchev–Trinajstić information content (AvgIpc) is 2.90. The fourth-order valence-electron chi connectivity index (χ4n) is 3.61. The minimum absolute atomic E-state index is 0.0128. The predicted octanol–water partition coefficient (Wildman–Crippen LogP) is 3.71. The van der Waals surface area contributed by atoms with Gasteiger partial charge in [-0.05, 0) is 48.9 Å². The lowest BCUT2D eigenvalue weighted by Crippen LogP contribution is -2.50. The molecule has 0 aliphatic carbocycles. The average molecular weight is 530 g/mol. The van der Waals surface area contributed by atoms with E-state index in [-0.39, 0.29) is 28.1 Å². The van der Waals surface area contributed by atoms with E-state index < -0.39 is 28.5 Å². The number of sulfonamides is 1. The summed E-state index contributed by atoms with van der Waals surface area (Å²) in [4.78, 5) is 27.5. The summed E-state index contributed by atoms with van der Waals surface area (Å²) in [6.07, 6.45) is 0. The molecule has 3 aromatic carbocycles. The number of methoxy groups -OCH3 is 1. The van der Waals surface area contributed by atoms with Crippen molar-refractivity contribution in [2.75, 3.05) is 25.0 Å². The number of amides is 2. The molecule has 10 heteroatoms. The lowest BCUT2D eigenvalue weighted by molar-refractivity contribution is -0.139. The van der Waals surface area contributed by atoms with E-state index in [9.17, 15) is 18.0 Å². The maximum Gasteiger partial charge on any atom is 0.264 e. The second-order valence-corrected chi connectivity index (χ2v) is 10.2. The van der Waals surface area contributed by atoms with Crippen molar-refractivity contribution in [3.05, 3.63) is 89.4 Å². The van der Waals surface area contributed by atoms with Crippen molar-refractivity contribution >= 4 is 39.1 Å². The van der Waals surface area contributed by atoms with Crippen molar-refractivity contribution in [3.63, 3.8) is 0 Å². The van der Waals surface area contributed by atoms with Crippen molar-refractivity contribution in [2.24, 2.45) is 0 Å². The molecule has 36 heavy (non-hydrogen) atoms. The van der Waals surface area contributed by atoms with Gasteiger partial charge in [-0.1, -0.05) is 54.1 Å². The van der Waals surface area contributed by atoms with E-state index in [0.717, 1.165) is 9.87 Å². The van der Waals surface area contributed by atoms with Crippen molar-refractivity contribution in [3.8, 4) is 5.75 Å². The van der Waals surface area contributed by atoms with Crippen molar-refractivity contribution in [2.45, 2.75) is 24.4 Å². The molecule has 0 aromatic heterocycles. The fraction of sp³-hybridized carbons (Fsp3) is 0.231. The van der Waals surface area contributed by atoms with Crippen LogP contribution in [0.4, 0.5) is 5.69 Å². The van der Waals surface area contributed by atoms with Gasteiger partial charge >= 0.3 is 0 Å². The van der Waals surface area contributed by atoms with Crippen LogP contribution in [0.5, 0.6) is 5.75 Å². The zero-order valence-corrected chi connectivity index (χ0v) is 21.8. The standard InChI is InChI=1S/C26H28ClN3O5S/c1-19(26(32)28-2)29(17-20-13-15-21(35-3)16-14-20)25(31)18-30(24-12-8-7-11-23(24)27)36(33,34)22-9-5-4-6-10-22/h4-16,19H,17-18H2,1-3H3,(H,28,32). The zero-order chi connectivity index (χ0) is 26.3. The predicted molar refractivity (Wildman–Crippen MR) is 139 cm³/mol. The summed E-state index contributed by atoms with van der Waals surface area (Å²) in [5.74, 6) is -0.303. The fourth-order valence-corrected chi connectivity index (χ4v) is 5.35. The Morgan fingerprint density at radius 1 is 0.972 bits per heavy atom. The lowest BCUT2D eigenvalue weighted by Gasteiger charge is -2.32.